The van der Waals surface area contributed by atoms with Crippen molar-refractivity contribution in [2.45, 2.75) is 25.6 Å². The van der Waals surface area contributed by atoms with E-state index < -0.39 is 41.6 Å². The Morgan fingerprint density at radius 2 is 1.92 bits per heavy atom. The quantitative estimate of drug-likeness (QED) is 0.229. The Balaban J connectivity index is 1.79. The Kier molecular flexibility index (Phi) is 6.98. The Labute approximate surface area is 213 Å². The highest BCUT2D eigenvalue weighted by Crippen LogP contribution is 2.30. The number of aryl methyl sites for hydroxylation is 1. The number of halogens is 4. The fourth-order valence-electron chi connectivity index (χ4n) is 3.87. The van der Waals surface area contributed by atoms with Crippen molar-refractivity contribution >= 4 is 39.4 Å². The zero-order valence-electron chi connectivity index (χ0n) is 20.3. The van der Waals surface area contributed by atoms with E-state index in [-0.39, 0.29) is 23.4 Å². The summed E-state index contributed by atoms with van der Waals surface area (Å²) in [5.74, 6) is -2.25. The number of allylic oxidation sites excluding steroid dienone is 1. The van der Waals surface area contributed by atoms with E-state index in [2.05, 4.69) is 26.9 Å². The molecular formula is C24H22F4N8O2. The first-order valence-corrected chi connectivity index (χ1v) is 11.2. The van der Waals surface area contributed by atoms with Crippen molar-refractivity contribution in [1.82, 2.24) is 35.0 Å². The molecule has 0 aliphatic carbocycles. The second-order valence-electron chi connectivity index (χ2n) is 8.39. The summed E-state index contributed by atoms with van der Waals surface area (Å²) in [4.78, 5) is 30.6. The Morgan fingerprint density at radius 1 is 1.18 bits per heavy atom. The van der Waals surface area contributed by atoms with Gasteiger partial charge in [0.25, 0.3) is 5.91 Å². The number of nitrogen functional groups attached to an aromatic ring is 1. The zero-order chi connectivity index (χ0) is 27.8. The molecule has 38 heavy (non-hydrogen) atoms. The molecular weight excluding hydrogens is 508 g/mol. The molecule has 4 aromatic rings. The number of alkyl halides is 3. The predicted octanol–water partition coefficient (Wildman–Crippen LogP) is 3.63. The SMILES string of the molecule is C=CCCC(=O)N(C)N(Cc1ccc(C(F)(F)F)nn1)C(=O)c1cc2c(cc1F)nc(N)c1cnn(C)c12. The van der Waals surface area contributed by atoms with Crippen molar-refractivity contribution in [3.8, 4) is 0 Å². The van der Waals surface area contributed by atoms with Crippen LogP contribution in [0.15, 0.2) is 43.1 Å². The van der Waals surface area contributed by atoms with E-state index in [1.165, 1.54) is 30.1 Å². The van der Waals surface area contributed by atoms with Crippen molar-refractivity contribution in [3.05, 3.63) is 65.9 Å². The number of nitrogens with zero attached hydrogens (tertiary/aromatic N) is 7. The van der Waals surface area contributed by atoms with Crippen LogP contribution in [0.1, 0.15) is 34.6 Å². The average molecular weight is 530 g/mol. The maximum atomic E-state index is 15.3. The van der Waals surface area contributed by atoms with Crippen molar-refractivity contribution in [2.24, 2.45) is 7.05 Å². The lowest BCUT2D eigenvalue weighted by Gasteiger charge is -2.32. The number of fused-ring (bicyclic) bond motifs is 3. The molecule has 0 unspecified atom stereocenters. The van der Waals surface area contributed by atoms with E-state index >= 15 is 4.39 Å². The van der Waals surface area contributed by atoms with E-state index in [4.69, 9.17) is 5.73 Å². The van der Waals surface area contributed by atoms with Crippen LogP contribution in [0.3, 0.4) is 0 Å². The number of rotatable bonds is 6. The molecule has 14 heteroatoms. The molecule has 2 N–H and O–H groups in total. The van der Waals surface area contributed by atoms with E-state index in [0.717, 1.165) is 22.2 Å². The third-order valence-electron chi connectivity index (χ3n) is 5.87. The molecule has 0 radical (unpaired) electrons. The van der Waals surface area contributed by atoms with Gasteiger partial charge in [0, 0.05) is 32.0 Å². The van der Waals surface area contributed by atoms with Gasteiger partial charge in [-0.25, -0.2) is 14.4 Å². The number of hydrogen-bond donors (Lipinski definition) is 1. The number of benzene rings is 1. The minimum absolute atomic E-state index is 0.0124. The number of pyridine rings is 1. The van der Waals surface area contributed by atoms with Crippen LogP contribution in [0, 0.1) is 5.82 Å². The van der Waals surface area contributed by atoms with Crippen LogP contribution in [0.5, 0.6) is 0 Å². The molecule has 0 atom stereocenters. The average Bonchev–Trinajstić information content (AvgIpc) is 3.26. The fraction of sp³-hybridized carbons (Fsp3) is 0.250. The van der Waals surface area contributed by atoms with Gasteiger partial charge in [0.2, 0.25) is 5.91 Å². The number of carbonyl (C=O) groups excluding carboxylic acids is 2. The highest BCUT2D eigenvalue weighted by atomic mass is 19.4. The number of hydrogen-bond acceptors (Lipinski definition) is 7. The number of nitrogens with two attached hydrogens (primary N) is 1. The molecule has 1 aromatic carbocycles. The fourth-order valence-corrected chi connectivity index (χ4v) is 3.87. The van der Waals surface area contributed by atoms with Gasteiger partial charge in [-0.05, 0) is 24.6 Å². The maximum Gasteiger partial charge on any atom is 0.435 e. The summed E-state index contributed by atoms with van der Waals surface area (Å²) in [5.41, 5.74) is 4.98. The van der Waals surface area contributed by atoms with Crippen molar-refractivity contribution in [2.75, 3.05) is 12.8 Å². The van der Waals surface area contributed by atoms with Gasteiger partial charge in [-0.3, -0.25) is 19.3 Å². The first-order valence-electron chi connectivity index (χ1n) is 11.2. The summed E-state index contributed by atoms with van der Waals surface area (Å²) in [7, 11) is 2.94. The predicted molar refractivity (Wildman–Crippen MR) is 129 cm³/mol. The second-order valence-corrected chi connectivity index (χ2v) is 8.39. The summed E-state index contributed by atoms with van der Waals surface area (Å²) in [5, 5.41) is 13.6. The lowest BCUT2D eigenvalue weighted by molar-refractivity contribution is -0.142. The first-order chi connectivity index (χ1) is 17.9. The van der Waals surface area contributed by atoms with Crippen LogP contribution in [0.25, 0.3) is 21.8 Å². The Morgan fingerprint density at radius 3 is 2.55 bits per heavy atom. The molecule has 4 rings (SSSR count). The molecule has 0 aliphatic rings. The van der Waals surface area contributed by atoms with Crippen LogP contribution in [0.4, 0.5) is 23.4 Å². The minimum Gasteiger partial charge on any atom is -0.383 e. The normalized spacial score (nSPS) is 11.6. The highest BCUT2D eigenvalue weighted by Gasteiger charge is 2.33. The summed E-state index contributed by atoms with van der Waals surface area (Å²) in [6.45, 7) is 3.10. The third-order valence-corrected chi connectivity index (χ3v) is 5.87. The molecule has 198 valence electrons. The molecule has 3 aromatic heterocycles. The van der Waals surface area contributed by atoms with E-state index in [1.54, 1.807) is 7.05 Å². The third kappa shape index (κ3) is 4.96. The number of hydrazine groups is 1. The Hall–Kier alpha value is -4.62. The van der Waals surface area contributed by atoms with Crippen molar-refractivity contribution in [3.63, 3.8) is 0 Å². The zero-order valence-corrected chi connectivity index (χ0v) is 20.3. The van der Waals surface area contributed by atoms with Crippen LogP contribution < -0.4 is 5.73 Å². The van der Waals surface area contributed by atoms with E-state index in [1.807, 2.05) is 0 Å². The molecule has 0 bridgehead atoms. The van der Waals surface area contributed by atoms with E-state index in [9.17, 15) is 22.8 Å². The second kappa shape index (κ2) is 10.0. The van der Waals surface area contributed by atoms with Gasteiger partial charge in [-0.15, -0.1) is 11.7 Å². The number of aromatic nitrogens is 5. The largest absolute Gasteiger partial charge is 0.435 e. The lowest BCUT2D eigenvalue weighted by atomic mass is 10.1. The molecule has 10 nitrogen and oxygen atoms in total. The lowest BCUT2D eigenvalue weighted by Crippen LogP contribution is -2.47. The van der Waals surface area contributed by atoms with Gasteiger partial charge < -0.3 is 5.73 Å². The summed E-state index contributed by atoms with van der Waals surface area (Å²) < 4.78 is 55.5. The van der Waals surface area contributed by atoms with Gasteiger partial charge in [0.1, 0.15) is 11.6 Å². The van der Waals surface area contributed by atoms with Gasteiger partial charge in [0.15, 0.2) is 5.69 Å². The van der Waals surface area contributed by atoms with Crippen LogP contribution >= 0.6 is 0 Å². The summed E-state index contributed by atoms with van der Waals surface area (Å²) >= 11 is 0. The topological polar surface area (TPSA) is 123 Å². The van der Waals surface area contributed by atoms with Gasteiger partial charge in [0.05, 0.1) is 40.4 Å². The van der Waals surface area contributed by atoms with Gasteiger partial charge >= 0.3 is 6.18 Å². The number of carbonyl (C=O) groups is 2. The summed E-state index contributed by atoms with van der Waals surface area (Å²) in [6, 6.07) is 4.05. The van der Waals surface area contributed by atoms with Gasteiger partial charge in [-0.1, -0.05) is 6.08 Å². The first kappa shape index (κ1) is 26.4. The van der Waals surface area contributed by atoms with Crippen LogP contribution in [-0.4, -0.2) is 53.8 Å². The minimum atomic E-state index is -4.71. The molecule has 2 amide bonds. The summed E-state index contributed by atoms with van der Waals surface area (Å²) in [6.07, 6.45) is -1.41. The molecule has 0 saturated heterocycles. The highest BCUT2D eigenvalue weighted by molar-refractivity contribution is 6.10. The van der Waals surface area contributed by atoms with E-state index in [0.29, 0.717) is 28.8 Å². The van der Waals surface area contributed by atoms with Crippen LogP contribution in [0.2, 0.25) is 0 Å². The smallest absolute Gasteiger partial charge is 0.383 e. The maximum absolute atomic E-state index is 15.3. The molecule has 0 aliphatic heterocycles. The van der Waals surface area contributed by atoms with Crippen molar-refractivity contribution in [1.29, 1.82) is 0 Å². The van der Waals surface area contributed by atoms with Crippen molar-refractivity contribution < 1.29 is 27.2 Å². The molecule has 0 saturated carbocycles. The standard InChI is InChI=1S/C24H22F4N8O2/c1-4-5-6-20(37)35(3)36(12-13-7-8-19(33-32-13)24(26,27)28)23(38)14-9-15-18(10-17(14)25)31-22(29)16-11-30-34(2)21(15)16/h4,7-11H,1,5-6,12H2,2-3H3,(H2,29,31). The Bertz CT molecular complexity index is 1550. The molecule has 0 spiro atoms. The van der Waals surface area contributed by atoms with Crippen LogP contribution in [-0.2, 0) is 24.6 Å². The monoisotopic (exact) mass is 530 g/mol. The molecule has 3 heterocycles. The number of anilines is 1. The van der Waals surface area contributed by atoms with Gasteiger partial charge in [-0.2, -0.15) is 23.4 Å². The number of amides is 2. The molecule has 0 fully saturated rings.